The minimum atomic E-state index is -0.555. The highest BCUT2D eigenvalue weighted by atomic mass is 35.5. The summed E-state index contributed by atoms with van der Waals surface area (Å²) < 4.78 is 5.21. The first-order valence-corrected chi connectivity index (χ1v) is 8.96. The van der Waals surface area contributed by atoms with Crippen molar-refractivity contribution in [3.8, 4) is 0 Å². The number of nitrogens with zero attached hydrogens (tertiary/aromatic N) is 2. The summed E-state index contributed by atoms with van der Waals surface area (Å²) in [4.78, 5) is 24.1. The Morgan fingerprint density at radius 1 is 1.35 bits per heavy atom. The van der Waals surface area contributed by atoms with E-state index >= 15 is 0 Å². The molecule has 2 amide bonds. The molecule has 2 N–H and O–H groups in total. The number of hydrogen-bond donors (Lipinski definition) is 2. The summed E-state index contributed by atoms with van der Waals surface area (Å²) in [7, 11) is 0. The molecule has 1 aliphatic heterocycles. The minimum absolute atomic E-state index is 0.0268. The van der Waals surface area contributed by atoms with Gasteiger partial charge in [0.1, 0.15) is 16.7 Å². The van der Waals surface area contributed by atoms with Crippen LogP contribution in [0.5, 0.6) is 0 Å². The third kappa shape index (κ3) is 4.74. The summed E-state index contributed by atoms with van der Waals surface area (Å²) in [6.07, 6.45) is 1.57. The van der Waals surface area contributed by atoms with Gasteiger partial charge in [0.05, 0.1) is 6.26 Å². The molecule has 0 bridgehead atoms. The van der Waals surface area contributed by atoms with Gasteiger partial charge in [-0.1, -0.05) is 23.4 Å². The molecule has 1 aromatic carbocycles. The minimum Gasteiger partial charge on any atom is -0.463 e. The monoisotopic (exact) mass is 390 g/mol. The second kappa shape index (κ2) is 8.20. The molecule has 0 spiro atoms. The van der Waals surface area contributed by atoms with Crippen molar-refractivity contribution in [1.29, 1.82) is 0 Å². The van der Waals surface area contributed by atoms with Crippen molar-refractivity contribution >= 4 is 51.7 Å². The predicted octanol–water partition coefficient (Wildman–Crippen LogP) is 3.27. The lowest BCUT2D eigenvalue weighted by molar-refractivity contribution is -0.122. The van der Waals surface area contributed by atoms with E-state index in [1.807, 2.05) is 0 Å². The van der Waals surface area contributed by atoms with Gasteiger partial charge in [0.2, 0.25) is 11.8 Å². The number of anilines is 1. The molecule has 2 heterocycles. The molecule has 3 rings (SSSR count). The Labute approximate surface area is 158 Å². The maximum atomic E-state index is 12.1. The van der Waals surface area contributed by atoms with Crippen LogP contribution < -0.4 is 10.6 Å². The van der Waals surface area contributed by atoms with Crippen LogP contribution >= 0.6 is 23.4 Å². The van der Waals surface area contributed by atoms with Gasteiger partial charge in [0, 0.05) is 17.1 Å². The molecule has 0 radical (unpaired) electrons. The molecule has 0 aliphatic carbocycles. The average Bonchev–Trinajstić information content (AvgIpc) is 3.25. The Morgan fingerprint density at radius 3 is 2.81 bits per heavy atom. The van der Waals surface area contributed by atoms with Crippen molar-refractivity contribution in [2.75, 3.05) is 5.32 Å². The maximum Gasteiger partial charge on any atom is 0.240 e. The van der Waals surface area contributed by atoms with Crippen LogP contribution in [0.4, 0.5) is 5.69 Å². The fourth-order valence-electron chi connectivity index (χ4n) is 2.15. The number of amidine groups is 1. The molecule has 1 aliphatic rings. The maximum absolute atomic E-state index is 12.1. The topological polar surface area (TPSA) is 96.1 Å². The number of amides is 2. The summed E-state index contributed by atoms with van der Waals surface area (Å²) in [5.74, 6) is 0.0601. The lowest BCUT2D eigenvalue weighted by Crippen LogP contribution is -2.28. The number of benzene rings is 1. The third-order valence-corrected chi connectivity index (χ3v) is 4.77. The lowest BCUT2D eigenvalue weighted by Gasteiger charge is -2.07. The van der Waals surface area contributed by atoms with Crippen molar-refractivity contribution in [2.45, 2.75) is 18.6 Å². The highest BCUT2D eigenvalue weighted by molar-refractivity contribution is 8.15. The van der Waals surface area contributed by atoms with Gasteiger partial charge in [0.15, 0.2) is 5.17 Å². The van der Waals surface area contributed by atoms with Gasteiger partial charge in [-0.25, -0.2) is 0 Å². The van der Waals surface area contributed by atoms with Crippen molar-refractivity contribution in [2.24, 2.45) is 10.2 Å². The molecule has 134 valence electrons. The van der Waals surface area contributed by atoms with Crippen LogP contribution in [-0.2, 0) is 9.59 Å². The fraction of sp³-hybridized carbons (Fsp3) is 0.176. The van der Waals surface area contributed by atoms with Crippen LogP contribution in [0.15, 0.2) is 57.3 Å². The van der Waals surface area contributed by atoms with E-state index in [9.17, 15) is 9.59 Å². The Balaban J connectivity index is 1.57. The number of thioether (sulfide) groups is 1. The second-order valence-electron chi connectivity index (χ2n) is 5.42. The SMILES string of the molecule is C/C(=N\N=C1\NC(=O)C(CC(=O)Nc2ccc(Cl)cc2)S1)c1ccco1. The highest BCUT2D eigenvalue weighted by Crippen LogP contribution is 2.23. The normalized spacial score (nSPS) is 18.8. The summed E-state index contributed by atoms with van der Waals surface area (Å²) in [5, 5.41) is 13.8. The zero-order valence-electron chi connectivity index (χ0n) is 13.7. The molecular formula is C17H15ClN4O3S. The molecule has 0 saturated carbocycles. The van der Waals surface area contributed by atoms with Crippen LogP contribution in [0.25, 0.3) is 0 Å². The summed E-state index contributed by atoms with van der Waals surface area (Å²) >= 11 is 6.98. The fourth-order valence-corrected chi connectivity index (χ4v) is 3.20. The van der Waals surface area contributed by atoms with Gasteiger partial charge in [-0.2, -0.15) is 0 Å². The number of carbonyl (C=O) groups is 2. The predicted molar refractivity (Wildman–Crippen MR) is 103 cm³/mol. The van der Waals surface area contributed by atoms with Gasteiger partial charge < -0.3 is 15.1 Å². The summed E-state index contributed by atoms with van der Waals surface area (Å²) in [6.45, 7) is 1.75. The van der Waals surface area contributed by atoms with E-state index in [4.69, 9.17) is 16.0 Å². The number of halogens is 1. The first-order chi connectivity index (χ1) is 12.5. The Bertz CT molecular complexity index is 863. The molecule has 9 heteroatoms. The van der Waals surface area contributed by atoms with E-state index in [-0.39, 0.29) is 18.2 Å². The van der Waals surface area contributed by atoms with E-state index in [1.54, 1.807) is 49.6 Å². The van der Waals surface area contributed by atoms with Crippen LogP contribution in [0.1, 0.15) is 19.1 Å². The van der Waals surface area contributed by atoms with E-state index in [0.29, 0.717) is 27.3 Å². The molecular weight excluding hydrogens is 376 g/mol. The molecule has 1 fully saturated rings. The van der Waals surface area contributed by atoms with Crippen LogP contribution in [-0.4, -0.2) is 27.9 Å². The summed E-state index contributed by atoms with van der Waals surface area (Å²) in [5.41, 5.74) is 1.21. The molecule has 1 unspecified atom stereocenters. The standard InChI is InChI=1S/C17H15ClN4O3S/c1-10(13-3-2-8-25-13)21-22-17-20-16(24)14(26-17)9-15(23)19-12-6-4-11(18)5-7-12/h2-8,14H,9H2,1H3,(H,19,23)(H,20,22,24)/b21-10+. The van der Waals surface area contributed by atoms with Crippen molar-refractivity contribution in [1.82, 2.24) is 5.32 Å². The second-order valence-corrected chi connectivity index (χ2v) is 7.05. The van der Waals surface area contributed by atoms with Gasteiger partial charge in [-0.15, -0.1) is 10.2 Å². The Kier molecular flexibility index (Phi) is 5.75. The van der Waals surface area contributed by atoms with E-state index in [1.165, 1.54) is 11.8 Å². The van der Waals surface area contributed by atoms with Gasteiger partial charge in [0.25, 0.3) is 0 Å². The van der Waals surface area contributed by atoms with Crippen molar-refractivity contribution in [3.63, 3.8) is 0 Å². The largest absolute Gasteiger partial charge is 0.463 e. The lowest BCUT2D eigenvalue weighted by atomic mass is 10.2. The third-order valence-electron chi connectivity index (χ3n) is 3.44. The summed E-state index contributed by atoms with van der Waals surface area (Å²) in [6, 6.07) is 10.3. The van der Waals surface area contributed by atoms with Crippen LogP contribution in [0.2, 0.25) is 5.02 Å². The Morgan fingerprint density at radius 2 is 2.12 bits per heavy atom. The number of nitrogens with one attached hydrogen (secondary N) is 2. The zero-order chi connectivity index (χ0) is 18.5. The highest BCUT2D eigenvalue weighted by Gasteiger charge is 2.32. The Hall–Kier alpha value is -2.58. The van der Waals surface area contributed by atoms with Crippen LogP contribution in [0, 0.1) is 0 Å². The zero-order valence-corrected chi connectivity index (χ0v) is 15.3. The molecule has 1 saturated heterocycles. The first-order valence-electron chi connectivity index (χ1n) is 7.70. The van der Waals surface area contributed by atoms with E-state index < -0.39 is 5.25 Å². The first kappa shape index (κ1) is 18.2. The van der Waals surface area contributed by atoms with Gasteiger partial charge in [-0.3, -0.25) is 9.59 Å². The molecule has 1 aromatic heterocycles. The smallest absolute Gasteiger partial charge is 0.240 e. The average molecular weight is 391 g/mol. The molecule has 26 heavy (non-hydrogen) atoms. The van der Waals surface area contributed by atoms with Crippen molar-refractivity contribution in [3.05, 3.63) is 53.4 Å². The quantitative estimate of drug-likeness (QED) is 0.604. The van der Waals surface area contributed by atoms with Crippen LogP contribution in [0.3, 0.4) is 0 Å². The number of furan rings is 1. The number of rotatable bonds is 5. The number of carbonyl (C=O) groups excluding carboxylic acids is 2. The molecule has 1 atom stereocenters. The van der Waals surface area contributed by atoms with E-state index in [2.05, 4.69) is 20.8 Å². The van der Waals surface area contributed by atoms with Gasteiger partial charge in [-0.05, 0) is 43.3 Å². The van der Waals surface area contributed by atoms with Gasteiger partial charge >= 0.3 is 0 Å². The number of hydrogen-bond acceptors (Lipinski definition) is 6. The molecule has 2 aromatic rings. The van der Waals surface area contributed by atoms with E-state index in [0.717, 1.165) is 0 Å². The molecule has 7 nitrogen and oxygen atoms in total. The van der Waals surface area contributed by atoms with Crippen molar-refractivity contribution < 1.29 is 14.0 Å².